The molecule has 0 saturated heterocycles. The molecule has 0 amide bonds. The zero-order valence-corrected chi connectivity index (χ0v) is 16.6. The van der Waals surface area contributed by atoms with Crippen LogP contribution in [0.3, 0.4) is 0 Å². The summed E-state index contributed by atoms with van der Waals surface area (Å²) in [7, 11) is 0. The highest BCUT2D eigenvalue weighted by molar-refractivity contribution is 7.15. The molecule has 0 fully saturated rings. The van der Waals surface area contributed by atoms with Crippen molar-refractivity contribution >= 4 is 40.0 Å². The molecule has 1 aromatic carbocycles. The molecule has 0 aliphatic heterocycles. The van der Waals surface area contributed by atoms with Crippen molar-refractivity contribution in [2.75, 3.05) is 6.61 Å². The van der Waals surface area contributed by atoms with Gasteiger partial charge in [-0.2, -0.15) is 0 Å². The lowest BCUT2D eigenvalue weighted by atomic mass is 10.0. The van der Waals surface area contributed by atoms with E-state index in [-0.39, 0.29) is 19.0 Å². The van der Waals surface area contributed by atoms with Crippen molar-refractivity contribution in [1.82, 2.24) is 4.98 Å². The highest BCUT2D eigenvalue weighted by Gasteiger charge is 2.21. The first-order valence-corrected chi connectivity index (χ1v) is 9.57. The Bertz CT molecular complexity index is 1070. The quantitative estimate of drug-likeness (QED) is 0.454. The first-order valence-electron chi connectivity index (χ1n) is 8.75. The molecule has 2 heterocycles. The second-order valence-corrected chi connectivity index (χ2v) is 7.18. The molecular formula is C21H19NO5S. The molecule has 0 saturated carbocycles. The van der Waals surface area contributed by atoms with Crippen LogP contribution >= 0.6 is 11.3 Å². The van der Waals surface area contributed by atoms with Crippen molar-refractivity contribution in [2.24, 2.45) is 0 Å². The largest absolute Gasteiger partial charge is 0.462 e. The van der Waals surface area contributed by atoms with E-state index in [0.717, 1.165) is 22.3 Å². The minimum absolute atomic E-state index is 0.111. The summed E-state index contributed by atoms with van der Waals surface area (Å²) in [6.45, 7) is 5.04. The van der Waals surface area contributed by atoms with Gasteiger partial charge in [0.05, 0.1) is 28.3 Å². The lowest BCUT2D eigenvalue weighted by Crippen LogP contribution is -2.14. The van der Waals surface area contributed by atoms with Crippen molar-refractivity contribution in [3.63, 3.8) is 0 Å². The Morgan fingerprint density at radius 1 is 1.00 bits per heavy atom. The fraction of sp³-hybridized carbons (Fsp3) is 0.238. The third kappa shape index (κ3) is 3.94. The van der Waals surface area contributed by atoms with E-state index in [4.69, 9.17) is 9.47 Å². The Morgan fingerprint density at radius 2 is 1.71 bits per heavy atom. The number of carbonyl (C=O) groups excluding carboxylic acids is 3. The van der Waals surface area contributed by atoms with E-state index in [1.807, 2.05) is 31.2 Å². The van der Waals surface area contributed by atoms with E-state index < -0.39 is 11.9 Å². The number of rotatable bonds is 6. The summed E-state index contributed by atoms with van der Waals surface area (Å²) in [5.74, 6) is -1.18. The molecule has 2 aromatic heterocycles. The van der Waals surface area contributed by atoms with E-state index in [0.29, 0.717) is 26.5 Å². The fourth-order valence-electron chi connectivity index (χ4n) is 2.86. The molecule has 144 valence electrons. The van der Waals surface area contributed by atoms with Gasteiger partial charge in [0.1, 0.15) is 11.5 Å². The summed E-state index contributed by atoms with van der Waals surface area (Å²) in [5, 5.41) is 0.838. The Hall–Kier alpha value is -3.06. The van der Waals surface area contributed by atoms with Crippen LogP contribution in [-0.4, -0.2) is 29.3 Å². The smallest absolute Gasteiger partial charge is 0.348 e. The van der Waals surface area contributed by atoms with Gasteiger partial charge in [-0.15, -0.1) is 11.3 Å². The molecular weight excluding hydrogens is 378 g/mol. The van der Waals surface area contributed by atoms with E-state index in [1.165, 1.54) is 6.92 Å². The molecule has 28 heavy (non-hydrogen) atoms. The summed E-state index contributed by atoms with van der Waals surface area (Å²) in [6, 6.07) is 10.6. The van der Waals surface area contributed by atoms with Crippen molar-refractivity contribution in [3.8, 4) is 0 Å². The minimum atomic E-state index is -0.570. The van der Waals surface area contributed by atoms with E-state index in [2.05, 4.69) is 4.98 Å². The number of aromatic nitrogens is 1. The van der Waals surface area contributed by atoms with Crippen LogP contribution in [0.2, 0.25) is 0 Å². The zero-order valence-electron chi connectivity index (χ0n) is 15.8. The maximum atomic E-state index is 12.5. The zero-order chi connectivity index (χ0) is 20.3. The molecule has 0 aliphatic carbocycles. The van der Waals surface area contributed by atoms with Gasteiger partial charge in [-0.25, -0.2) is 14.6 Å². The lowest BCUT2D eigenvalue weighted by Gasteiger charge is -2.14. The molecule has 0 radical (unpaired) electrons. The number of aryl methyl sites for hydroxylation is 1. The number of fused-ring (bicyclic) bond motifs is 1. The molecule has 0 spiro atoms. The molecule has 0 aliphatic rings. The second kappa shape index (κ2) is 8.31. The molecule has 0 N–H and O–H groups in total. The number of hydrogen-bond donors (Lipinski definition) is 0. The Morgan fingerprint density at radius 3 is 2.39 bits per heavy atom. The van der Waals surface area contributed by atoms with Crippen LogP contribution in [0, 0.1) is 6.92 Å². The number of hydrogen-bond acceptors (Lipinski definition) is 7. The average molecular weight is 397 g/mol. The average Bonchev–Trinajstić information content (AvgIpc) is 3.17. The molecule has 3 aromatic rings. The number of para-hydroxylation sites is 1. The number of benzene rings is 1. The van der Waals surface area contributed by atoms with Gasteiger partial charge in [-0.1, -0.05) is 18.2 Å². The molecule has 0 atom stereocenters. The first-order chi connectivity index (χ1) is 13.4. The lowest BCUT2D eigenvalue weighted by molar-refractivity contribution is 0.0449. The third-order valence-corrected chi connectivity index (χ3v) is 5.37. The standard InChI is InChI=1S/C21H19NO5S/c1-4-26-21(25)19-12(2)14-7-5-6-8-15(14)22-16(19)11-27-20(24)18-10-9-17(28-18)13(3)23/h5-10H,4,11H2,1-3H3. The Labute approximate surface area is 166 Å². The minimum Gasteiger partial charge on any atom is -0.462 e. The molecule has 0 bridgehead atoms. The predicted octanol–water partition coefficient (Wildman–Crippen LogP) is 4.34. The van der Waals surface area contributed by atoms with Crippen LogP contribution in [0.5, 0.6) is 0 Å². The normalized spacial score (nSPS) is 10.7. The van der Waals surface area contributed by atoms with Crippen LogP contribution in [0.4, 0.5) is 0 Å². The number of carbonyl (C=O) groups is 3. The van der Waals surface area contributed by atoms with E-state index in [1.54, 1.807) is 19.1 Å². The predicted molar refractivity (Wildman–Crippen MR) is 106 cm³/mol. The third-order valence-electron chi connectivity index (χ3n) is 4.20. The van der Waals surface area contributed by atoms with Gasteiger partial charge in [0.2, 0.25) is 0 Å². The van der Waals surface area contributed by atoms with Crippen molar-refractivity contribution in [1.29, 1.82) is 0 Å². The van der Waals surface area contributed by atoms with Gasteiger partial charge in [0.25, 0.3) is 0 Å². The van der Waals surface area contributed by atoms with Crippen LogP contribution in [0.1, 0.15) is 54.8 Å². The van der Waals surface area contributed by atoms with Crippen molar-refractivity contribution < 1.29 is 23.9 Å². The van der Waals surface area contributed by atoms with E-state index >= 15 is 0 Å². The highest BCUT2D eigenvalue weighted by Crippen LogP contribution is 2.25. The Kier molecular flexibility index (Phi) is 5.84. The molecule has 3 rings (SSSR count). The summed E-state index contributed by atoms with van der Waals surface area (Å²) >= 11 is 1.07. The SMILES string of the molecule is CCOC(=O)c1c(COC(=O)c2ccc(C(C)=O)s2)nc2ccccc2c1C. The van der Waals surface area contributed by atoms with Crippen molar-refractivity contribution in [2.45, 2.75) is 27.4 Å². The van der Waals surface area contributed by atoms with Gasteiger partial charge in [-0.3, -0.25) is 4.79 Å². The molecule has 6 nitrogen and oxygen atoms in total. The number of Topliss-reactive ketones (excluding diaryl/α,β-unsaturated/α-hetero) is 1. The molecule has 0 unspecified atom stereocenters. The highest BCUT2D eigenvalue weighted by atomic mass is 32.1. The number of ether oxygens (including phenoxy) is 2. The van der Waals surface area contributed by atoms with Gasteiger partial charge in [-0.05, 0) is 44.5 Å². The first kappa shape index (κ1) is 19.7. The number of thiophene rings is 1. The van der Waals surface area contributed by atoms with E-state index in [9.17, 15) is 14.4 Å². The van der Waals surface area contributed by atoms with Gasteiger partial charge in [0, 0.05) is 5.39 Å². The second-order valence-electron chi connectivity index (χ2n) is 6.09. The summed E-state index contributed by atoms with van der Waals surface area (Å²) < 4.78 is 10.5. The van der Waals surface area contributed by atoms with Gasteiger partial charge in [0.15, 0.2) is 5.78 Å². The monoisotopic (exact) mass is 397 g/mol. The number of pyridine rings is 1. The van der Waals surface area contributed by atoms with Crippen LogP contribution in [0.15, 0.2) is 36.4 Å². The fourth-order valence-corrected chi connectivity index (χ4v) is 3.66. The molecule has 7 heteroatoms. The van der Waals surface area contributed by atoms with Crippen LogP contribution < -0.4 is 0 Å². The summed E-state index contributed by atoms with van der Waals surface area (Å²) in [6.07, 6.45) is 0. The van der Waals surface area contributed by atoms with Gasteiger partial charge < -0.3 is 9.47 Å². The summed E-state index contributed by atoms with van der Waals surface area (Å²) in [4.78, 5) is 41.5. The summed E-state index contributed by atoms with van der Waals surface area (Å²) in [5.41, 5.74) is 2.08. The van der Waals surface area contributed by atoms with Gasteiger partial charge >= 0.3 is 11.9 Å². The maximum absolute atomic E-state index is 12.5. The van der Waals surface area contributed by atoms with Crippen LogP contribution in [0.25, 0.3) is 10.9 Å². The van der Waals surface area contributed by atoms with Crippen LogP contribution in [-0.2, 0) is 16.1 Å². The topological polar surface area (TPSA) is 82.6 Å². The number of esters is 2. The number of nitrogens with zero attached hydrogens (tertiary/aromatic N) is 1. The Balaban J connectivity index is 1.92. The maximum Gasteiger partial charge on any atom is 0.348 e. The van der Waals surface area contributed by atoms with Crippen molar-refractivity contribution in [3.05, 3.63) is 63.0 Å². The number of ketones is 1.